The summed E-state index contributed by atoms with van der Waals surface area (Å²) in [5.41, 5.74) is 0.627. The monoisotopic (exact) mass is 206 g/mol. The molecule has 5 nitrogen and oxygen atoms in total. The molecule has 1 N–H and O–H groups in total. The molecule has 0 unspecified atom stereocenters. The van der Waals surface area contributed by atoms with Crippen molar-refractivity contribution in [3.8, 4) is 0 Å². The van der Waals surface area contributed by atoms with Crippen LogP contribution in [0.5, 0.6) is 0 Å². The average Bonchev–Trinajstić information content (AvgIpc) is 2.70. The summed E-state index contributed by atoms with van der Waals surface area (Å²) in [5.74, 6) is 0. The lowest BCUT2D eigenvalue weighted by molar-refractivity contribution is 0.596. The van der Waals surface area contributed by atoms with Gasteiger partial charge < -0.3 is 9.88 Å². The van der Waals surface area contributed by atoms with Crippen molar-refractivity contribution in [1.29, 1.82) is 0 Å². The minimum atomic E-state index is 0.00732. The number of nitrogens with one attached hydrogen (secondary N) is 1. The van der Waals surface area contributed by atoms with Crippen LogP contribution in [0, 0.1) is 0 Å². The van der Waals surface area contributed by atoms with Gasteiger partial charge in [-0.15, -0.1) is 0 Å². The second-order valence-corrected chi connectivity index (χ2v) is 3.31. The lowest BCUT2D eigenvalue weighted by atomic mass is 10.5. The maximum absolute atomic E-state index is 11.9. The normalized spacial score (nSPS) is 11.0. The van der Waals surface area contributed by atoms with E-state index in [-0.39, 0.29) is 5.56 Å². The largest absolute Gasteiger partial charge is 0.315 e. The van der Waals surface area contributed by atoms with Crippen LogP contribution >= 0.6 is 0 Å². The molecule has 0 spiro atoms. The number of nitrogens with zero attached hydrogens (tertiary/aromatic N) is 3. The van der Waals surface area contributed by atoms with Gasteiger partial charge in [0.25, 0.3) is 5.56 Å². The summed E-state index contributed by atoms with van der Waals surface area (Å²) in [5, 5.41) is 7.19. The van der Waals surface area contributed by atoms with Gasteiger partial charge in [-0.25, -0.2) is 4.52 Å². The third kappa shape index (κ3) is 1.92. The molecule has 0 aliphatic heterocycles. The van der Waals surface area contributed by atoms with Gasteiger partial charge in [0, 0.05) is 25.5 Å². The van der Waals surface area contributed by atoms with E-state index in [4.69, 9.17) is 0 Å². The SMILES string of the molecule is CCNCCn1ccn2nccc2c1=O. The van der Waals surface area contributed by atoms with Crippen LogP contribution in [0.1, 0.15) is 6.92 Å². The second kappa shape index (κ2) is 4.27. The molecule has 15 heavy (non-hydrogen) atoms. The molecule has 0 saturated heterocycles. The van der Waals surface area contributed by atoms with Crippen LogP contribution in [0.3, 0.4) is 0 Å². The van der Waals surface area contributed by atoms with Gasteiger partial charge in [0.05, 0.1) is 6.20 Å². The number of aromatic nitrogens is 3. The maximum Gasteiger partial charge on any atom is 0.276 e. The molecule has 0 atom stereocenters. The van der Waals surface area contributed by atoms with Gasteiger partial charge >= 0.3 is 0 Å². The lowest BCUT2D eigenvalue weighted by Crippen LogP contribution is -2.27. The highest BCUT2D eigenvalue weighted by atomic mass is 16.1. The van der Waals surface area contributed by atoms with E-state index in [1.54, 1.807) is 33.7 Å². The standard InChI is InChI=1S/C10H14N4O/c1-2-11-5-6-13-7-8-14-9(10(13)15)3-4-12-14/h3-4,7-8,11H,2,5-6H2,1H3. The fraction of sp³-hybridized carbons (Fsp3) is 0.400. The van der Waals surface area contributed by atoms with Crippen molar-refractivity contribution in [3.63, 3.8) is 0 Å². The topological polar surface area (TPSA) is 51.3 Å². The van der Waals surface area contributed by atoms with Crippen LogP contribution in [0.25, 0.3) is 5.52 Å². The van der Waals surface area contributed by atoms with Crippen LogP contribution in [0.2, 0.25) is 0 Å². The molecule has 0 bridgehead atoms. The Morgan fingerprint density at radius 3 is 3.13 bits per heavy atom. The molecular weight excluding hydrogens is 192 g/mol. The molecule has 0 amide bonds. The van der Waals surface area contributed by atoms with Gasteiger partial charge in [-0.1, -0.05) is 6.92 Å². The highest BCUT2D eigenvalue weighted by Crippen LogP contribution is 1.93. The summed E-state index contributed by atoms with van der Waals surface area (Å²) >= 11 is 0. The predicted octanol–water partition coefficient (Wildman–Crippen LogP) is 0.105. The van der Waals surface area contributed by atoms with Crippen LogP contribution in [0.4, 0.5) is 0 Å². The Morgan fingerprint density at radius 1 is 1.47 bits per heavy atom. The molecule has 5 heteroatoms. The Balaban J connectivity index is 2.28. The molecule has 80 valence electrons. The molecule has 2 aromatic heterocycles. The molecule has 2 aromatic rings. The number of rotatable bonds is 4. The van der Waals surface area contributed by atoms with Crippen molar-refractivity contribution >= 4 is 5.52 Å². The fourth-order valence-electron chi connectivity index (χ4n) is 1.51. The quantitative estimate of drug-likeness (QED) is 0.722. The Labute approximate surface area is 87.3 Å². The van der Waals surface area contributed by atoms with Crippen molar-refractivity contribution in [2.24, 2.45) is 0 Å². The molecular formula is C10H14N4O. The van der Waals surface area contributed by atoms with E-state index in [9.17, 15) is 4.79 Å². The van der Waals surface area contributed by atoms with E-state index in [1.165, 1.54) is 0 Å². The van der Waals surface area contributed by atoms with Crippen LogP contribution < -0.4 is 10.9 Å². The summed E-state index contributed by atoms with van der Waals surface area (Å²) in [6.45, 7) is 4.46. The van der Waals surface area contributed by atoms with E-state index in [2.05, 4.69) is 10.4 Å². The lowest BCUT2D eigenvalue weighted by Gasteiger charge is -2.05. The smallest absolute Gasteiger partial charge is 0.276 e. The van der Waals surface area contributed by atoms with Gasteiger partial charge in [-0.05, 0) is 12.6 Å². The Kier molecular flexibility index (Phi) is 2.82. The van der Waals surface area contributed by atoms with E-state index < -0.39 is 0 Å². The zero-order chi connectivity index (χ0) is 10.7. The van der Waals surface area contributed by atoms with E-state index >= 15 is 0 Å². The third-order valence-corrected chi connectivity index (χ3v) is 2.32. The third-order valence-electron chi connectivity index (χ3n) is 2.32. The van der Waals surface area contributed by atoms with Crippen LogP contribution in [-0.4, -0.2) is 27.3 Å². The predicted molar refractivity (Wildman–Crippen MR) is 58.0 cm³/mol. The van der Waals surface area contributed by atoms with Gasteiger partial charge in [0.1, 0.15) is 5.52 Å². The molecule has 2 heterocycles. The molecule has 0 radical (unpaired) electrons. The second-order valence-electron chi connectivity index (χ2n) is 3.31. The number of hydrogen-bond donors (Lipinski definition) is 1. The van der Waals surface area contributed by atoms with Crippen molar-refractivity contribution in [2.45, 2.75) is 13.5 Å². The van der Waals surface area contributed by atoms with Crippen LogP contribution in [-0.2, 0) is 6.54 Å². The minimum absolute atomic E-state index is 0.00732. The zero-order valence-electron chi connectivity index (χ0n) is 8.68. The Hall–Kier alpha value is -1.62. The van der Waals surface area contributed by atoms with Gasteiger partial charge in [0.15, 0.2) is 0 Å². The van der Waals surface area contributed by atoms with Crippen molar-refractivity contribution in [1.82, 2.24) is 19.5 Å². The number of hydrogen-bond acceptors (Lipinski definition) is 3. The highest BCUT2D eigenvalue weighted by molar-refractivity contribution is 5.42. The van der Waals surface area contributed by atoms with Gasteiger partial charge in [0.2, 0.25) is 0 Å². The number of fused-ring (bicyclic) bond motifs is 1. The Bertz CT molecular complexity index is 499. The van der Waals surface area contributed by atoms with Crippen molar-refractivity contribution in [3.05, 3.63) is 35.0 Å². The Morgan fingerprint density at radius 2 is 2.33 bits per heavy atom. The molecule has 2 rings (SSSR count). The summed E-state index contributed by atoms with van der Waals surface area (Å²) < 4.78 is 3.28. The first-order valence-corrected chi connectivity index (χ1v) is 5.06. The molecule has 0 saturated carbocycles. The number of likely N-dealkylation sites (N-methyl/N-ethyl adjacent to an activating group) is 1. The minimum Gasteiger partial charge on any atom is -0.315 e. The van der Waals surface area contributed by atoms with E-state index in [0.717, 1.165) is 13.1 Å². The van der Waals surface area contributed by atoms with Crippen molar-refractivity contribution < 1.29 is 0 Å². The molecule has 0 aromatic carbocycles. The summed E-state index contributed by atoms with van der Waals surface area (Å²) in [7, 11) is 0. The zero-order valence-corrected chi connectivity index (χ0v) is 8.68. The first-order chi connectivity index (χ1) is 7.33. The first-order valence-electron chi connectivity index (χ1n) is 5.06. The van der Waals surface area contributed by atoms with Gasteiger partial charge in [-0.3, -0.25) is 4.79 Å². The van der Waals surface area contributed by atoms with E-state index in [1.807, 2.05) is 6.92 Å². The fourth-order valence-corrected chi connectivity index (χ4v) is 1.51. The highest BCUT2D eigenvalue weighted by Gasteiger charge is 2.01. The summed E-state index contributed by atoms with van der Waals surface area (Å²) in [6, 6.07) is 1.73. The summed E-state index contributed by atoms with van der Waals surface area (Å²) in [6.07, 6.45) is 5.19. The van der Waals surface area contributed by atoms with Crippen molar-refractivity contribution in [2.75, 3.05) is 13.1 Å². The average molecular weight is 206 g/mol. The molecule has 0 aliphatic rings. The molecule has 0 aliphatic carbocycles. The van der Waals surface area contributed by atoms with E-state index in [0.29, 0.717) is 12.1 Å². The van der Waals surface area contributed by atoms with Gasteiger partial charge in [-0.2, -0.15) is 5.10 Å². The molecule has 0 fully saturated rings. The maximum atomic E-state index is 11.9. The summed E-state index contributed by atoms with van der Waals surface area (Å²) in [4.78, 5) is 11.9. The van der Waals surface area contributed by atoms with Crippen LogP contribution in [0.15, 0.2) is 29.5 Å². The first kappa shape index (κ1) is 9.92.